The molecule has 20 heavy (non-hydrogen) atoms. The van der Waals surface area contributed by atoms with Crippen molar-refractivity contribution in [3.63, 3.8) is 0 Å². The molecule has 0 radical (unpaired) electrons. The Morgan fingerprint density at radius 2 is 2.20 bits per heavy atom. The number of carbonyl (C=O) groups is 1. The first kappa shape index (κ1) is 15.4. The summed E-state index contributed by atoms with van der Waals surface area (Å²) >= 11 is 0.754. The highest BCUT2D eigenvalue weighted by molar-refractivity contribution is 7.91. The molecule has 2 unspecified atom stereocenters. The van der Waals surface area contributed by atoms with Crippen LogP contribution in [-0.4, -0.2) is 37.2 Å². The van der Waals surface area contributed by atoms with Gasteiger partial charge in [0.25, 0.3) is 0 Å². The molecular weight excluding hydrogens is 302 g/mol. The minimum absolute atomic E-state index is 0.0102. The summed E-state index contributed by atoms with van der Waals surface area (Å²) in [6, 6.07) is 1.10. The molecule has 1 aromatic heterocycles. The third-order valence-corrected chi connectivity index (χ3v) is 6.74. The van der Waals surface area contributed by atoms with E-state index in [1.807, 2.05) is 0 Å². The number of aryl methyl sites for hydroxylation is 1. The van der Waals surface area contributed by atoms with Gasteiger partial charge in [-0.2, -0.15) is 0 Å². The summed E-state index contributed by atoms with van der Waals surface area (Å²) in [6.45, 7) is 1.53. The molecule has 2 rings (SSSR count). The average molecular weight is 319 g/mol. The second-order valence-electron chi connectivity index (χ2n) is 4.98. The van der Waals surface area contributed by atoms with Crippen LogP contribution in [0.1, 0.15) is 34.5 Å². The number of carboxylic acids is 1. The standard InChI is InChI=1S/C12H17NO5S2/c1-7-5-10(19-11(7)12(15)16)20(17,18)13-9-4-2-3-8(9)6-14/h5,8-9,13-14H,2-4,6H2,1H3,(H,15,16). The first-order valence-corrected chi connectivity index (χ1v) is 8.62. The number of aliphatic hydroxyl groups excluding tert-OH is 1. The molecule has 0 aromatic carbocycles. The van der Waals surface area contributed by atoms with Crippen molar-refractivity contribution in [3.05, 3.63) is 16.5 Å². The number of hydrogen-bond acceptors (Lipinski definition) is 5. The van der Waals surface area contributed by atoms with Gasteiger partial charge in [-0.15, -0.1) is 11.3 Å². The molecule has 0 amide bonds. The zero-order chi connectivity index (χ0) is 14.9. The lowest BCUT2D eigenvalue weighted by Gasteiger charge is -2.18. The molecule has 2 atom stereocenters. The highest BCUT2D eigenvalue weighted by Gasteiger charge is 2.32. The summed E-state index contributed by atoms with van der Waals surface area (Å²) in [6.07, 6.45) is 2.37. The van der Waals surface area contributed by atoms with E-state index in [1.54, 1.807) is 6.92 Å². The van der Waals surface area contributed by atoms with Crippen LogP contribution in [0, 0.1) is 12.8 Å². The maximum absolute atomic E-state index is 12.3. The van der Waals surface area contributed by atoms with E-state index in [4.69, 9.17) is 5.11 Å². The van der Waals surface area contributed by atoms with Crippen LogP contribution in [0.4, 0.5) is 0 Å². The van der Waals surface area contributed by atoms with Crippen molar-refractivity contribution in [2.24, 2.45) is 5.92 Å². The van der Waals surface area contributed by atoms with Gasteiger partial charge in [-0.25, -0.2) is 17.9 Å². The van der Waals surface area contributed by atoms with E-state index in [1.165, 1.54) is 6.07 Å². The summed E-state index contributed by atoms with van der Waals surface area (Å²) < 4.78 is 27.1. The first-order valence-electron chi connectivity index (χ1n) is 6.32. The Labute approximate surface area is 121 Å². The molecule has 1 fully saturated rings. The summed E-state index contributed by atoms with van der Waals surface area (Å²) in [5.41, 5.74) is 0.438. The quantitative estimate of drug-likeness (QED) is 0.756. The van der Waals surface area contributed by atoms with Gasteiger partial charge >= 0.3 is 5.97 Å². The van der Waals surface area contributed by atoms with E-state index >= 15 is 0 Å². The summed E-state index contributed by atoms with van der Waals surface area (Å²) in [5, 5.41) is 18.2. The molecule has 3 N–H and O–H groups in total. The molecule has 1 aromatic rings. The third kappa shape index (κ3) is 3.03. The molecule has 0 bridgehead atoms. The van der Waals surface area contributed by atoms with Crippen LogP contribution >= 0.6 is 11.3 Å². The van der Waals surface area contributed by atoms with Crippen LogP contribution in [-0.2, 0) is 10.0 Å². The van der Waals surface area contributed by atoms with E-state index in [0.717, 1.165) is 24.2 Å². The average Bonchev–Trinajstić information content (AvgIpc) is 2.95. The number of aromatic carboxylic acids is 1. The van der Waals surface area contributed by atoms with Crippen LogP contribution < -0.4 is 4.72 Å². The number of sulfonamides is 1. The zero-order valence-corrected chi connectivity index (χ0v) is 12.6. The van der Waals surface area contributed by atoms with Gasteiger partial charge in [0.05, 0.1) is 0 Å². The fourth-order valence-electron chi connectivity index (χ4n) is 2.47. The molecule has 1 saturated carbocycles. The maximum Gasteiger partial charge on any atom is 0.346 e. The predicted octanol–water partition coefficient (Wildman–Crippen LogP) is 1.19. The Balaban J connectivity index is 2.22. The Morgan fingerprint density at radius 1 is 1.50 bits per heavy atom. The van der Waals surface area contributed by atoms with Gasteiger partial charge in [-0.3, -0.25) is 0 Å². The minimum Gasteiger partial charge on any atom is -0.477 e. The van der Waals surface area contributed by atoms with Crippen molar-refractivity contribution in [1.29, 1.82) is 0 Å². The van der Waals surface area contributed by atoms with Gasteiger partial charge in [0.15, 0.2) is 0 Å². The summed E-state index contributed by atoms with van der Waals surface area (Å²) in [5.74, 6) is -1.19. The molecule has 112 valence electrons. The monoisotopic (exact) mass is 319 g/mol. The van der Waals surface area contributed by atoms with E-state index < -0.39 is 16.0 Å². The predicted molar refractivity (Wildman–Crippen MR) is 74.6 cm³/mol. The van der Waals surface area contributed by atoms with Gasteiger partial charge in [-0.05, 0) is 37.3 Å². The molecule has 0 spiro atoms. The lowest BCUT2D eigenvalue weighted by atomic mass is 10.1. The highest BCUT2D eigenvalue weighted by atomic mass is 32.2. The second-order valence-corrected chi connectivity index (χ2v) is 7.98. The number of aliphatic hydroxyl groups is 1. The SMILES string of the molecule is Cc1cc(S(=O)(=O)NC2CCCC2CO)sc1C(=O)O. The van der Waals surface area contributed by atoms with Gasteiger partial charge < -0.3 is 10.2 Å². The molecule has 0 saturated heterocycles. The summed E-state index contributed by atoms with van der Waals surface area (Å²) in [4.78, 5) is 11.0. The van der Waals surface area contributed by atoms with Crippen molar-refractivity contribution >= 4 is 27.3 Å². The zero-order valence-electron chi connectivity index (χ0n) is 11.0. The first-order chi connectivity index (χ1) is 9.35. The van der Waals surface area contributed by atoms with E-state index in [0.29, 0.717) is 12.0 Å². The van der Waals surface area contributed by atoms with Crippen LogP contribution in [0.25, 0.3) is 0 Å². The normalized spacial score (nSPS) is 23.1. The molecule has 1 aliphatic rings. The maximum atomic E-state index is 12.3. The van der Waals surface area contributed by atoms with E-state index in [2.05, 4.69) is 4.72 Å². The number of hydrogen-bond donors (Lipinski definition) is 3. The lowest BCUT2D eigenvalue weighted by molar-refractivity contribution is 0.0701. The summed E-state index contributed by atoms with van der Waals surface area (Å²) in [7, 11) is -3.73. The number of thiophene rings is 1. The van der Waals surface area contributed by atoms with E-state index in [9.17, 15) is 18.3 Å². The number of carboxylic acid groups (broad SMARTS) is 1. The van der Waals surface area contributed by atoms with Crippen molar-refractivity contribution in [2.75, 3.05) is 6.61 Å². The molecule has 0 aliphatic heterocycles. The van der Waals surface area contributed by atoms with Crippen molar-refractivity contribution in [3.8, 4) is 0 Å². The van der Waals surface area contributed by atoms with Crippen molar-refractivity contribution in [1.82, 2.24) is 4.72 Å². The van der Waals surface area contributed by atoms with Crippen molar-refractivity contribution in [2.45, 2.75) is 36.4 Å². The number of nitrogens with one attached hydrogen (secondary N) is 1. The Hall–Kier alpha value is -0.960. The fourth-order valence-corrected chi connectivity index (χ4v) is 5.20. The largest absolute Gasteiger partial charge is 0.477 e. The van der Waals surface area contributed by atoms with Crippen molar-refractivity contribution < 1.29 is 23.4 Å². The molecule has 8 heteroatoms. The molecule has 1 aliphatic carbocycles. The van der Waals surface area contributed by atoms with Gasteiger partial charge in [0.1, 0.15) is 9.09 Å². The van der Waals surface area contributed by atoms with Gasteiger partial charge in [0.2, 0.25) is 10.0 Å². The Kier molecular flexibility index (Phi) is 4.48. The topological polar surface area (TPSA) is 104 Å². The molecule has 6 nitrogen and oxygen atoms in total. The van der Waals surface area contributed by atoms with Crippen LogP contribution in [0.2, 0.25) is 0 Å². The Morgan fingerprint density at radius 3 is 2.75 bits per heavy atom. The van der Waals surface area contributed by atoms with Crippen LogP contribution in [0.5, 0.6) is 0 Å². The molecule has 1 heterocycles. The lowest BCUT2D eigenvalue weighted by Crippen LogP contribution is -2.38. The van der Waals surface area contributed by atoms with E-state index in [-0.39, 0.29) is 27.7 Å². The van der Waals surface area contributed by atoms with Crippen LogP contribution in [0.15, 0.2) is 10.3 Å². The highest BCUT2D eigenvalue weighted by Crippen LogP contribution is 2.29. The third-order valence-electron chi connectivity index (χ3n) is 3.55. The Bertz CT molecular complexity index is 607. The van der Waals surface area contributed by atoms with Crippen LogP contribution in [0.3, 0.4) is 0 Å². The smallest absolute Gasteiger partial charge is 0.346 e. The van der Waals surface area contributed by atoms with Gasteiger partial charge in [0, 0.05) is 12.6 Å². The fraction of sp³-hybridized carbons (Fsp3) is 0.583. The minimum atomic E-state index is -3.73. The second kappa shape index (κ2) is 5.80. The van der Waals surface area contributed by atoms with Gasteiger partial charge in [-0.1, -0.05) is 6.42 Å². The molecular formula is C12H17NO5S2. The number of rotatable bonds is 5.